The van der Waals surface area contributed by atoms with Gasteiger partial charge in [0.05, 0.1) is 42.6 Å². The number of carboxylic acids is 1. The molecule has 4 aliphatic heterocycles. The molecule has 34 nitrogen and oxygen atoms in total. The molecule has 17 atom stereocenters. The first-order valence-corrected chi connectivity index (χ1v) is 35.0. The summed E-state index contributed by atoms with van der Waals surface area (Å²) in [6.07, 6.45) is -12.4. The second kappa shape index (κ2) is 32.6. The van der Waals surface area contributed by atoms with Crippen molar-refractivity contribution in [1.29, 1.82) is 0 Å². The van der Waals surface area contributed by atoms with Crippen LogP contribution < -0.4 is 43.4 Å². The van der Waals surface area contributed by atoms with Crippen molar-refractivity contribution >= 4 is 88.9 Å². The summed E-state index contributed by atoms with van der Waals surface area (Å²) in [5.74, 6) is -17.3. The summed E-state index contributed by atoms with van der Waals surface area (Å²) >= 11 is 0. The van der Waals surface area contributed by atoms with Gasteiger partial charge >= 0.3 is 35.8 Å². The van der Waals surface area contributed by atoms with Crippen LogP contribution in [0.4, 0.5) is 0 Å². The zero-order chi connectivity index (χ0) is 77.6. The highest BCUT2D eigenvalue weighted by Crippen LogP contribution is 2.64. The van der Waals surface area contributed by atoms with Crippen molar-refractivity contribution in [2.75, 3.05) is 39.5 Å². The summed E-state index contributed by atoms with van der Waals surface area (Å²) < 4.78 is 42.6. The van der Waals surface area contributed by atoms with Gasteiger partial charge in [-0.15, -0.1) is 0 Å². The first-order chi connectivity index (χ1) is 50.7. The summed E-state index contributed by atoms with van der Waals surface area (Å²) in [4.78, 5) is 203. The number of aliphatic hydroxyl groups is 2. The summed E-state index contributed by atoms with van der Waals surface area (Å²) in [5, 5.41) is 51.6. The number of nitrogens with zero attached hydrogens (tertiary/aromatic N) is 2. The molecule has 10 rings (SSSR count). The molecular weight excluding hydrogens is 1400 g/mol. The number of piperidine rings is 1. The average Bonchev–Trinajstić information content (AvgIpc) is 0.946. The number of Topliss-reactive ketones (excluding diaryl/α,β-unsaturated/α-hetero) is 1. The number of carboxylic acid groups (broad SMARTS) is 1. The minimum Gasteiger partial charge on any atom is -0.481 e. The van der Waals surface area contributed by atoms with E-state index in [0.717, 1.165) is 13.8 Å². The third-order valence-corrected chi connectivity index (χ3v) is 21.4. The molecule has 0 radical (unpaired) electrons. The van der Waals surface area contributed by atoms with Gasteiger partial charge in [-0.05, 0) is 86.9 Å². The lowest BCUT2D eigenvalue weighted by Gasteiger charge is -2.67. The normalized spacial score (nSPS) is 30.0. The average molecular weight is 1490 g/mol. The molecule has 34 heteroatoms. The quantitative estimate of drug-likeness (QED) is 0.0134. The molecule has 3 aliphatic carbocycles. The van der Waals surface area contributed by atoms with Gasteiger partial charge in [-0.3, -0.25) is 57.7 Å². The third-order valence-electron chi connectivity index (χ3n) is 21.4. The number of ketones is 1. The number of benzene rings is 3. The zero-order valence-electron chi connectivity index (χ0n) is 59.6. The van der Waals surface area contributed by atoms with Gasteiger partial charge < -0.3 is 96.7 Å². The van der Waals surface area contributed by atoms with Crippen molar-refractivity contribution in [2.45, 2.75) is 177 Å². The van der Waals surface area contributed by atoms with Crippen molar-refractivity contribution in [3.05, 3.63) is 119 Å². The lowest BCUT2D eigenvalue weighted by atomic mass is 9.44. The van der Waals surface area contributed by atoms with Gasteiger partial charge in [-0.2, -0.15) is 0 Å². The van der Waals surface area contributed by atoms with Crippen LogP contribution in [0, 0.1) is 22.7 Å². The summed E-state index contributed by atoms with van der Waals surface area (Å²) in [5.41, 5.74) is 2.32. The number of carbonyl (C=O) groups excluding carboxylic acids is 13. The standard InChI is InChI=1S/C73H88N10O24/c1-36-47(30-73(100)61(106-67(98)41-21-14-9-15-22-41)59-71(6,48(86)29-49-72(59,35-102-49)107-38(3)85)60(92)57(103-37(2)84)54(36)70(73,4)5)104-68(99)58(55(39-17-10-7-11-18-39)81-62(93)40-19-12-8-13-20-40)105-53(91)34-101-33-51(88)77-31-42-27-43-24-25-46-65(96)80-44(23-16-26-76-69(74)75)63(94)78-32-50(87)79-45(28-52(89)90)64(95)82-56(42)66(97)83(43)46/h7-15,17-22,42-49,55-59,61,86,100H,16,23-35H2,1-6H3,(H,77,88)(H,78,94)(H,79,87)(H,80,96)(H,81,93)(H,82,95)(H,89,90)(H4,74,75,76)/t42-,43-,44-,45-,46-,47-,48-,49+,55-,56+,57+,58+,59-,61-,71+,72-,73+/m0/s1. The maximum Gasteiger partial charge on any atom is 0.350 e. The number of guanidine groups is 1. The number of hydrogen-bond acceptors (Lipinski definition) is 24. The smallest absolute Gasteiger partial charge is 0.350 e. The van der Waals surface area contributed by atoms with Gasteiger partial charge in [0.15, 0.2) is 23.4 Å². The fourth-order valence-electron chi connectivity index (χ4n) is 16.1. The van der Waals surface area contributed by atoms with Crippen molar-refractivity contribution in [3.63, 3.8) is 0 Å². The number of aliphatic hydroxyl groups excluding tert-OH is 1. The van der Waals surface area contributed by atoms with E-state index in [0.29, 0.717) is 0 Å². The minimum absolute atomic E-state index is 0.00379. The Kier molecular flexibility index (Phi) is 24.0. The molecule has 7 aliphatic rings. The molecular formula is C73H88N10O24. The van der Waals surface area contributed by atoms with Crippen LogP contribution in [0.1, 0.15) is 125 Å². The molecule has 0 unspecified atom stereocenters. The third kappa shape index (κ3) is 16.5. The molecule has 13 N–H and O–H groups in total. The van der Waals surface area contributed by atoms with E-state index in [-0.39, 0.29) is 85.4 Å². The summed E-state index contributed by atoms with van der Waals surface area (Å²) in [6, 6.07) is 14.9. The van der Waals surface area contributed by atoms with Crippen molar-refractivity contribution in [3.8, 4) is 0 Å². The van der Waals surface area contributed by atoms with E-state index in [1.54, 1.807) is 54.6 Å². The number of fused-ring (bicyclic) bond motifs is 6. The first-order valence-electron chi connectivity index (χ1n) is 35.0. The molecule has 4 bridgehead atoms. The highest BCUT2D eigenvalue weighted by atomic mass is 16.6. The fraction of sp³-hybridized carbons (Fsp3) is 0.521. The number of ether oxygens (including phenoxy) is 7. The number of aliphatic carboxylic acids is 1. The number of carbonyl (C=O) groups is 14. The molecule has 3 aromatic rings. The Balaban J connectivity index is 0.936. The molecule has 6 fully saturated rings. The van der Waals surface area contributed by atoms with Crippen LogP contribution in [0.25, 0.3) is 0 Å². The predicted molar refractivity (Wildman–Crippen MR) is 368 cm³/mol. The van der Waals surface area contributed by atoms with Gasteiger partial charge in [0.25, 0.3) is 5.91 Å². The molecule has 0 aromatic heterocycles. The van der Waals surface area contributed by atoms with Crippen LogP contribution in [0.5, 0.6) is 0 Å². The minimum atomic E-state index is -2.62. The summed E-state index contributed by atoms with van der Waals surface area (Å²) in [7, 11) is 0. The Hall–Kier alpha value is -10.7. The van der Waals surface area contributed by atoms with E-state index in [1.165, 1.54) is 69.0 Å². The first kappa shape index (κ1) is 78.9. The number of hydrogen-bond donors (Lipinski definition) is 11. The van der Waals surface area contributed by atoms with Crippen molar-refractivity contribution < 1.29 is 116 Å². The maximum atomic E-state index is 16.0. The Morgan fingerprint density at radius 3 is 2.07 bits per heavy atom. The van der Waals surface area contributed by atoms with E-state index < -0.39 is 229 Å². The lowest BCUT2D eigenvalue weighted by Crippen LogP contribution is -2.82. The largest absolute Gasteiger partial charge is 0.481 e. The highest BCUT2D eigenvalue weighted by molar-refractivity contribution is 6.00. The van der Waals surface area contributed by atoms with E-state index in [9.17, 15) is 72.9 Å². The van der Waals surface area contributed by atoms with Gasteiger partial charge in [0.2, 0.25) is 41.5 Å². The second-order valence-electron chi connectivity index (χ2n) is 28.5. The Labute approximate surface area is 613 Å². The van der Waals surface area contributed by atoms with E-state index in [4.69, 9.17) is 44.6 Å². The van der Waals surface area contributed by atoms with Crippen molar-refractivity contribution in [1.82, 2.24) is 36.8 Å². The van der Waals surface area contributed by atoms with Crippen molar-refractivity contribution in [2.24, 2.45) is 39.1 Å². The molecule has 107 heavy (non-hydrogen) atoms. The number of rotatable bonds is 23. The SMILES string of the molecule is CC(=O)O[C@H]1C(=O)[C@@]2(C)[C@H]([C@H](OC(=O)c3ccccc3)[C@]3(O)C[C@H](OC(=O)[C@H](OC(=O)COCC(=O)NC[C@@H]4C[C@@H]5CC[C@H]6C(=O)N[C@@H](CCCN=C(N)N)C(=O)NCC(=O)N[C@@H](CC(=O)O)C(=O)N[C@H]4C(=O)N56)[C@@H](NC(=O)c4ccccc4)c4ccccc4)C(C)=C1C3(C)C)[C@]1(OC(C)=O)CO[C@@H]1C[C@@H]2O. The van der Waals surface area contributed by atoms with Crippen LogP contribution in [0.2, 0.25) is 0 Å². The van der Waals surface area contributed by atoms with Gasteiger partial charge in [-0.25, -0.2) is 14.4 Å². The molecule has 4 heterocycles. The molecule has 574 valence electrons. The molecule has 3 aromatic carbocycles. The van der Waals surface area contributed by atoms with Gasteiger partial charge in [0, 0.05) is 62.7 Å². The summed E-state index contributed by atoms with van der Waals surface area (Å²) in [6.45, 7) is 4.31. The maximum absolute atomic E-state index is 16.0. The monoisotopic (exact) mass is 1490 g/mol. The predicted octanol–water partition coefficient (Wildman–Crippen LogP) is -1.09. The second-order valence-corrected chi connectivity index (χ2v) is 28.5. The van der Waals surface area contributed by atoms with E-state index in [2.05, 4.69) is 36.9 Å². The Bertz CT molecular complexity index is 4040. The molecule has 2 saturated carbocycles. The molecule has 7 amide bonds. The number of esters is 5. The van der Waals surface area contributed by atoms with Crippen LogP contribution in [0.15, 0.2) is 107 Å². The van der Waals surface area contributed by atoms with E-state index >= 15 is 9.59 Å². The topological polar surface area (TPSA) is 504 Å². The number of amides is 7. The molecule has 0 spiro atoms. The Morgan fingerprint density at radius 2 is 1.45 bits per heavy atom. The van der Waals surface area contributed by atoms with Gasteiger partial charge in [-0.1, -0.05) is 80.6 Å². The number of nitrogens with one attached hydrogen (secondary N) is 6. The lowest BCUT2D eigenvalue weighted by molar-refractivity contribution is -0.346. The van der Waals surface area contributed by atoms with Crippen LogP contribution in [0.3, 0.4) is 0 Å². The fourth-order valence-corrected chi connectivity index (χ4v) is 16.1. The Morgan fingerprint density at radius 1 is 0.785 bits per heavy atom. The highest BCUT2D eigenvalue weighted by Gasteiger charge is 2.78. The molecule has 4 saturated heterocycles. The van der Waals surface area contributed by atoms with Crippen LogP contribution in [-0.2, 0) is 90.7 Å². The number of nitrogens with two attached hydrogens (primary N) is 2. The van der Waals surface area contributed by atoms with Gasteiger partial charge in [0.1, 0.15) is 67.3 Å². The number of aliphatic imine (C=N–C) groups is 1. The van der Waals surface area contributed by atoms with E-state index in [1.807, 2.05) is 0 Å². The van der Waals surface area contributed by atoms with Crippen LogP contribution in [-0.4, -0.2) is 227 Å². The van der Waals surface area contributed by atoms with Crippen LogP contribution >= 0.6 is 0 Å². The zero-order valence-corrected chi connectivity index (χ0v) is 59.6.